The first kappa shape index (κ1) is 12.9. The summed E-state index contributed by atoms with van der Waals surface area (Å²) in [5.74, 6) is -2.92. The van der Waals surface area contributed by atoms with E-state index in [9.17, 15) is 24.6 Å². The van der Waals surface area contributed by atoms with Crippen molar-refractivity contribution in [2.24, 2.45) is 5.73 Å². The third kappa shape index (κ3) is 1.69. The number of hydrogen-bond acceptors (Lipinski definition) is 5. The highest BCUT2D eigenvalue weighted by molar-refractivity contribution is 6.30. The third-order valence-electron chi connectivity index (χ3n) is 3.39. The summed E-state index contributed by atoms with van der Waals surface area (Å²) in [6.45, 7) is 0. The standard InChI is InChI=1S/C15H9NO5/c16-15(21)6-4-8-12(10(18)5-6)14(20)11-7(13(8)19)2-1-3-9(11)17/h1-5,17-18H,(H2,16,21). The predicted octanol–water partition coefficient (Wildman–Crippen LogP) is 0.972. The Kier molecular flexibility index (Phi) is 2.56. The molecule has 4 N–H and O–H groups in total. The second-order valence-corrected chi connectivity index (χ2v) is 4.64. The van der Waals surface area contributed by atoms with E-state index < -0.39 is 23.2 Å². The molecule has 21 heavy (non-hydrogen) atoms. The first-order chi connectivity index (χ1) is 9.91. The molecule has 6 nitrogen and oxygen atoms in total. The van der Waals surface area contributed by atoms with Crippen molar-refractivity contribution < 1.29 is 24.6 Å². The normalized spacial score (nSPS) is 12.8. The minimum atomic E-state index is -0.824. The van der Waals surface area contributed by atoms with Crippen molar-refractivity contribution in [2.45, 2.75) is 0 Å². The molecule has 0 saturated carbocycles. The van der Waals surface area contributed by atoms with Gasteiger partial charge in [-0.1, -0.05) is 12.1 Å². The number of ketones is 2. The Morgan fingerprint density at radius 2 is 1.57 bits per heavy atom. The van der Waals surface area contributed by atoms with Crippen LogP contribution in [0, 0.1) is 0 Å². The maximum atomic E-state index is 12.4. The molecular weight excluding hydrogens is 274 g/mol. The Balaban J connectivity index is 2.36. The Morgan fingerprint density at radius 3 is 2.24 bits per heavy atom. The Bertz CT molecular complexity index is 838. The smallest absolute Gasteiger partial charge is 0.248 e. The lowest BCUT2D eigenvalue weighted by molar-refractivity contribution is 0.0971. The number of aromatic hydroxyl groups is 2. The fourth-order valence-electron chi connectivity index (χ4n) is 2.42. The quantitative estimate of drug-likeness (QED) is 0.615. The van der Waals surface area contributed by atoms with Crippen molar-refractivity contribution in [3.05, 3.63) is 58.1 Å². The van der Waals surface area contributed by atoms with E-state index >= 15 is 0 Å². The Hall–Kier alpha value is -3.15. The summed E-state index contributed by atoms with van der Waals surface area (Å²) in [6.07, 6.45) is 0. The summed E-state index contributed by atoms with van der Waals surface area (Å²) < 4.78 is 0. The average Bonchev–Trinajstić information content (AvgIpc) is 2.43. The first-order valence-corrected chi connectivity index (χ1v) is 6.00. The number of benzene rings is 2. The molecule has 0 fully saturated rings. The lowest BCUT2D eigenvalue weighted by Gasteiger charge is -2.19. The van der Waals surface area contributed by atoms with Crippen LogP contribution in [0.4, 0.5) is 0 Å². The van der Waals surface area contributed by atoms with E-state index in [1.807, 2.05) is 0 Å². The van der Waals surface area contributed by atoms with Crippen LogP contribution in [-0.2, 0) is 0 Å². The SMILES string of the molecule is NC(=O)c1cc(O)c2c(c1)C(=O)c1cccc(O)c1C2=O. The Labute approximate surface area is 118 Å². The van der Waals surface area contributed by atoms with Crippen LogP contribution in [0.15, 0.2) is 30.3 Å². The van der Waals surface area contributed by atoms with Crippen LogP contribution in [0.2, 0.25) is 0 Å². The highest BCUT2D eigenvalue weighted by atomic mass is 16.3. The molecule has 0 radical (unpaired) electrons. The third-order valence-corrected chi connectivity index (χ3v) is 3.39. The van der Waals surface area contributed by atoms with Gasteiger partial charge in [0.25, 0.3) is 0 Å². The summed E-state index contributed by atoms with van der Waals surface area (Å²) in [5.41, 5.74) is 4.58. The van der Waals surface area contributed by atoms with E-state index in [2.05, 4.69) is 0 Å². The molecule has 0 unspecified atom stereocenters. The largest absolute Gasteiger partial charge is 0.507 e. The molecular formula is C15H9NO5. The van der Waals surface area contributed by atoms with Gasteiger partial charge in [0.1, 0.15) is 11.5 Å². The molecule has 6 heteroatoms. The van der Waals surface area contributed by atoms with E-state index in [1.54, 1.807) is 0 Å². The van der Waals surface area contributed by atoms with Gasteiger partial charge in [-0.15, -0.1) is 0 Å². The average molecular weight is 283 g/mol. The van der Waals surface area contributed by atoms with Crippen molar-refractivity contribution in [1.29, 1.82) is 0 Å². The molecule has 104 valence electrons. The van der Waals surface area contributed by atoms with E-state index in [0.717, 1.165) is 6.07 Å². The molecule has 0 atom stereocenters. The van der Waals surface area contributed by atoms with E-state index in [4.69, 9.17) is 5.73 Å². The summed E-state index contributed by atoms with van der Waals surface area (Å²) >= 11 is 0. The van der Waals surface area contributed by atoms with Crippen LogP contribution in [0.5, 0.6) is 11.5 Å². The van der Waals surface area contributed by atoms with Crippen LogP contribution < -0.4 is 5.73 Å². The number of nitrogens with two attached hydrogens (primary N) is 1. The zero-order chi connectivity index (χ0) is 15.3. The molecule has 0 heterocycles. The van der Waals surface area contributed by atoms with Gasteiger partial charge in [0, 0.05) is 16.7 Å². The molecule has 0 aliphatic heterocycles. The van der Waals surface area contributed by atoms with Crippen LogP contribution in [0.25, 0.3) is 0 Å². The number of primary amides is 1. The van der Waals surface area contributed by atoms with Gasteiger partial charge in [0.2, 0.25) is 11.7 Å². The molecule has 0 aromatic heterocycles. The number of rotatable bonds is 1. The summed E-state index contributed by atoms with van der Waals surface area (Å²) in [5, 5.41) is 19.7. The molecule has 1 aliphatic carbocycles. The highest BCUT2D eigenvalue weighted by Crippen LogP contribution is 2.36. The topological polar surface area (TPSA) is 118 Å². The molecule has 1 aliphatic rings. The summed E-state index contributed by atoms with van der Waals surface area (Å²) in [7, 11) is 0. The van der Waals surface area contributed by atoms with E-state index in [-0.39, 0.29) is 33.6 Å². The number of phenolic OH excluding ortho intramolecular Hbond substituents is 2. The van der Waals surface area contributed by atoms with Gasteiger partial charge in [0.15, 0.2) is 5.78 Å². The molecule has 0 saturated heterocycles. The highest BCUT2D eigenvalue weighted by Gasteiger charge is 2.34. The number of carbonyl (C=O) groups excluding carboxylic acids is 3. The fraction of sp³-hybridized carbons (Fsp3) is 0. The van der Waals surface area contributed by atoms with Crippen LogP contribution in [0.3, 0.4) is 0 Å². The second kappa shape index (κ2) is 4.17. The van der Waals surface area contributed by atoms with Gasteiger partial charge < -0.3 is 15.9 Å². The number of hydrogen-bond donors (Lipinski definition) is 3. The molecule has 0 bridgehead atoms. The zero-order valence-electron chi connectivity index (χ0n) is 10.6. The van der Waals surface area contributed by atoms with E-state index in [1.165, 1.54) is 24.3 Å². The van der Waals surface area contributed by atoms with Gasteiger partial charge in [-0.05, 0) is 18.2 Å². The van der Waals surface area contributed by atoms with Crippen molar-refractivity contribution in [1.82, 2.24) is 0 Å². The monoisotopic (exact) mass is 283 g/mol. The minimum Gasteiger partial charge on any atom is -0.507 e. The van der Waals surface area contributed by atoms with Crippen molar-refractivity contribution in [3.8, 4) is 11.5 Å². The second-order valence-electron chi connectivity index (χ2n) is 4.64. The van der Waals surface area contributed by atoms with Crippen LogP contribution in [-0.4, -0.2) is 27.7 Å². The molecule has 2 aromatic carbocycles. The lowest BCUT2D eigenvalue weighted by Crippen LogP contribution is -2.22. The van der Waals surface area contributed by atoms with Gasteiger partial charge in [-0.3, -0.25) is 14.4 Å². The van der Waals surface area contributed by atoms with Gasteiger partial charge in [0.05, 0.1) is 11.1 Å². The zero-order valence-corrected chi connectivity index (χ0v) is 10.6. The van der Waals surface area contributed by atoms with Crippen LogP contribution in [0.1, 0.15) is 42.2 Å². The van der Waals surface area contributed by atoms with Crippen molar-refractivity contribution in [3.63, 3.8) is 0 Å². The maximum Gasteiger partial charge on any atom is 0.248 e. The summed E-state index contributed by atoms with van der Waals surface area (Å²) in [6, 6.07) is 6.31. The number of amides is 1. The summed E-state index contributed by atoms with van der Waals surface area (Å²) in [4.78, 5) is 36.0. The van der Waals surface area contributed by atoms with Gasteiger partial charge >= 0.3 is 0 Å². The lowest BCUT2D eigenvalue weighted by atomic mass is 9.82. The van der Waals surface area contributed by atoms with E-state index in [0.29, 0.717) is 0 Å². The predicted molar refractivity (Wildman–Crippen MR) is 71.6 cm³/mol. The number of fused-ring (bicyclic) bond motifs is 2. The Morgan fingerprint density at radius 1 is 0.905 bits per heavy atom. The van der Waals surface area contributed by atoms with Crippen molar-refractivity contribution >= 4 is 17.5 Å². The van der Waals surface area contributed by atoms with Crippen LogP contribution >= 0.6 is 0 Å². The molecule has 0 spiro atoms. The van der Waals surface area contributed by atoms with Gasteiger partial charge in [-0.25, -0.2) is 0 Å². The fourth-order valence-corrected chi connectivity index (χ4v) is 2.42. The minimum absolute atomic E-state index is 0.0218. The number of phenols is 2. The molecule has 3 rings (SSSR count). The molecule has 2 aromatic rings. The van der Waals surface area contributed by atoms with Gasteiger partial charge in [-0.2, -0.15) is 0 Å². The van der Waals surface area contributed by atoms with Crippen molar-refractivity contribution in [2.75, 3.05) is 0 Å². The molecule has 1 amide bonds. The first-order valence-electron chi connectivity index (χ1n) is 6.00. The number of carbonyl (C=O) groups is 3. The maximum absolute atomic E-state index is 12.4.